The molecular formula is C46H45NS. The molecule has 4 fully saturated rings. The summed E-state index contributed by atoms with van der Waals surface area (Å²) in [5.74, 6) is 3.53. The minimum absolute atomic E-state index is 0.152. The van der Waals surface area contributed by atoms with E-state index in [0.717, 1.165) is 23.7 Å². The minimum Gasteiger partial charge on any atom is -0.310 e. The van der Waals surface area contributed by atoms with Crippen LogP contribution in [0, 0.1) is 29.1 Å². The zero-order valence-electron chi connectivity index (χ0n) is 28.7. The predicted octanol–water partition coefficient (Wildman–Crippen LogP) is 12.5. The maximum atomic E-state index is 2.66. The van der Waals surface area contributed by atoms with Gasteiger partial charge in [-0.25, -0.2) is 0 Å². The smallest absolute Gasteiger partial charge is 0.0468 e. The fraction of sp³-hybridized carbons (Fsp3) is 0.391. The minimum atomic E-state index is 0.152. The average Bonchev–Trinajstić information content (AvgIpc) is 3.62. The molecule has 1 aliphatic heterocycles. The van der Waals surface area contributed by atoms with E-state index >= 15 is 0 Å². The average molecular weight is 644 g/mol. The van der Waals surface area contributed by atoms with E-state index in [1.165, 1.54) is 87.3 Å². The summed E-state index contributed by atoms with van der Waals surface area (Å²) in [5.41, 5.74) is 11.3. The molecule has 5 aromatic rings. The third kappa shape index (κ3) is 3.37. The van der Waals surface area contributed by atoms with Gasteiger partial charge in [0.25, 0.3) is 0 Å². The molecular weight excluding hydrogens is 599 g/mol. The molecule has 0 aromatic heterocycles. The number of nitrogens with zero attached hydrogens (tertiary/aromatic N) is 1. The quantitative estimate of drug-likeness (QED) is 0.192. The first-order valence-corrected chi connectivity index (χ1v) is 19.4. The van der Waals surface area contributed by atoms with Crippen LogP contribution in [0.5, 0.6) is 0 Å². The number of hydrogen-bond donors (Lipinski definition) is 0. The van der Waals surface area contributed by atoms with Crippen molar-refractivity contribution in [2.45, 2.75) is 92.3 Å². The van der Waals surface area contributed by atoms with Crippen molar-refractivity contribution < 1.29 is 0 Å². The van der Waals surface area contributed by atoms with Crippen LogP contribution in [-0.4, -0.2) is 0 Å². The summed E-state index contributed by atoms with van der Waals surface area (Å²) in [5, 5.41) is 2.59. The summed E-state index contributed by atoms with van der Waals surface area (Å²) >= 11 is 2.02. The molecule has 0 amide bonds. The second-order valence-corrected chi connectivity index (χ2v) is 18.8. The first kappa shape index (κ1) is 28.4. The van der Waals surface area contributed by atoms with E-state index in [1.54, 1.807) is 11.1 Å². The van der Waals surface area contributed by atoms with Crippen molar-refractivity contribution in [1.29, 1.82) is 0 Å². The summed E-state index contributed by atoms with van der Waals surface area (Å²) in [6, 6.07) is 40.4. The summed E-state index contributed by atoms with van der Waals surface area (Å²) in [7, 11) is 0. The van der Waals surface area contributed by atoms with Gasteiger partial charge < -0.3 is 4.90 Å². The highest BCUT2D eigenvalue weighted by Gasteiger charge is 2.84. The van der Waals surface area contributed by atoms with E-state index in [-0.39, 0.29) is 16.2 Å². The molecule has 0 saturated heterocycles. The van der Waals surface area contributed by atoms with Crippen molar-refractivity contribution in [3.05, 3.63) is 125 Å². The molecule has 0 radical (unpaired) electrons. The van der Waals surface area contributed by atoms with Gasteiger partial charge >= 0.3 is 0 Å². The fourth-order valence-electron chi connectivity index (χ4n) is 12.7. The Morgan fingerprint density at radius 3 is 2.04 bits per heavy atom. The Hall–Kier alpha value is -3.49. The van der Waals surface area contributed by atoms with E-state index in [4.69, 9.17) is 0 Å². The van der Waals surface area contributed by atoms with Crippen molar-refractivity contribution in [2.24, 2.45) is 29.1 Å². The van der Waals surface area contributed by atoms with Gasteiger partial charge in [0.2, 0.25) is 0 Å². The molecule has 11 rings (SSSR count). The van der Waals surface area contributed by atoms with Gasteiger partial charge in [0.05, 0.1) is 0 Å². The molecule has 2 spiro atoms. The van der Waals surface area contributed by atoms with Gasteiger partial charge in [0.1, 0.15) is 0 Å². The molecule has 48 heavy (non-hydrogen) atoms. The normalized spacial score (nSPS) is 32.1. The van der Waals surface area contributed by atoms with Crippen LogP contribution in [0.15, 0.2) is 113 Å². The molecule has 2 heteroatoms. The van der Waals surface area contributed by atoms with E-state index in [2.05, 4.69) is 136 Å². The van der Waals surface area contributed by atoms with Crippen LogP contribution in [0.25, 0.3) is 10.8 Å². The number of anilines is 3. The van der Waals surface area contributed by atoms with Gasteiger partial charge in [0.15, 0.2) is 0 Å². The molecule has 4 saturated carbocycles. The maximum absolute atomic E-state index is 2.66. The summed E-state index contributed by atoms with van der Waals surface area (Å²) < 4.78 is 0. The molecule has 6 aliphatic rings. The molecule has 2 bridgehead atoms. The monoisotopic (exact) mass is 643 g/mol. The highest BCUT2D eigenvalue weighted by atomic mass is 32.2. The SMILES string of the molecule is CC1(C)CCC(C)(C)c2cc(N(c3ccc4c(c3)C3(c5ccccc5S4)C4CC5CC6CC3C64C5)c3ccc4ccccc4c3)ccc21. The fourth-order valence-corrected chi connectivity index (χ4v) is 13.9. The lowest BCUT2D eigenvalue weighted by atomic mass is 9.26. The third-order valence-corrected chi connectivity index (χ3v) is 16.0. The van der Waals surface area contributed by atoms with Crippen LogP contribution in [-0.2, 0) is 16.2 Å². The number of fused-ring (bicyclic) bond motifs is 9. The zero-order valence-corrected chi connectivity index (χ0v) is 29.5. The van der Waals surface area contributed by atoms with Crippen LogP contribution < -0.4 is 4.90 Å². The zero-order chi connectivity index (χ0) is 32.2. The number of rotatable bonds is 3. The summed E-state index contributed by atoms with van der Waals surface area (Å²) in [6.07, 6.45) is 8.33. The van der Waals surface area contributed by atoms with E-state index in [1.807, 2.05) is 11.8 Å². The Morgan fingerprint density at radius 2 is 1.21 bits per heavy atom. The second kappa shape index (κ2) is 9.19. The Kier molecular flexibility index (Phi) is 5.43. The van der Waals surface area contributed by atoms with Crippen LogP contribution >= 0.6 is 11.8 Å². The number of benzene rings is 5. The third-order valence-electron chi connectivity index (χ3n) is 14.8. The van der Waals surface area contributed by atoms with Crippen molar-refractivity contribution in [2.75, 3.05) is 4.90 Å². The van der Waals surface area contributed by atoms with Gasteiger partial charge in [-0.15, -0.1) is 0 Å². The van der Waals surface area contributed by atoms with Crippen molar-refractivity contribution in [3.63, 3.8) is 0 Å². The maximum Gasteiger partial charge on any atom is 0.0468 e. The lowest BCUT2D eigenvalue weighted by Crippen LogP contribution is -2.74. The van der Waals surface area contributed by atoms with E-state index < -0.39 is 0 Å². The topological polar surface area (TPSA) is 3.24 Å². The van der Waals surface area contributed by atoms with Crippen LogP contribution in [0.2, 0.25) is 0 Å². The van der Waals surface area contributed by atoms with E-state index in [9.17, 15) is 0 Å². The van der Waals surface area contributed by atoms with Crippen LogP contribution in [0.4, 0.5) is 17.1 Å². The van der Waals surface area contributed by atoms with Gasteiger partial charge in [-0.1, -0.05) is 94.1 Å². The first-order valence-electron chi connectivity index (χ1n) is 18.6. The summed E-state index contributed by atoms with van der Waals surface area (Å²) in [4.78, 5) is 5.58. The summed E-state index contributed by atoms with van der Waals surface area (Å²) in [6.45, 7) is 9.78. The molecule has 240 valence electrons. The molecule has 6 atom stereocenters. The van der Waals surface area contributed by atoms with Crippen molar-refractivity contribution in [3.8, 4) is 0 Å². The van der Waals surface area contributed by atoms with Gasteiger partial charge in [-0.3, -0.25) is 0 Å². The molecule has 0 N–H and O–H groups in total. The van der Waals surface area contributed by atoms with Crippen LogP contribution in [0.3, 0.4) is 0 Å². The number of hydrogen-bond acceptors (Lipinski definition) is 2. The lowest BCUT2D eigenvalue weighted by Gasteiger charge is -2.78. The Labute approximate surface area is 290 Å². The van der Waals surface area contributed by atoms with Crippen molar-refractivity contribution >= 4 is 39.6 Å². The molecule has 5 aliphatic carbocycles. The standard InChI is InChI=1S/C46H45NS/c1-43(2)19-20-44(3,4)37-25-33(15-17-35(37)43)47(32-14-13-29-9-5-6-10-30(29)23-32)34-16-18-40-38(26-34)46(36-11-7-8-12-39(36)48-40)41-22-28-21-31-24-42(46)45(31,41)27-28/h5-18,23,25-26,28,31,41-42H,19-22,24,27H2,1-4H3. The highest BCUT2D eigenvalue weighted by molar-refractivity contribution is 7.99. The van der Waals surface area contributed by atoms with Crippen LogP contribution in [0.1, 0.15) is 88.5 Å². The van der Waals surface area contributed by atoms with Gasteiger partial charge in [-0.2, -0.15) is 0 Å². The largest absolute Gasteiger partial charge is 0.310 e. The molecule has 1 heterocycles. The second-order valence-electron chi connectivity index (χ2n) is 17.7. The van der Waals surface area contributed by atoms with Gasteiger partial charge in [0, 0.05) is 32.3 Å². The van der Waals surface area contributed by atoms with Gasteiger partial charge in [-0.05, 0) is 160 Å². The highest BCUT2D eigenvalue weighted by Crippen LogP contribution is 2.89. The van der Waals surface area contributed by atoms with Crippen molar-refractivity contribution in [1.82, 2.24) is 0 Å². The van der Waals surface area contributed by atoms with E-state index in [0.29, 0.717) is 5.41 Å². The Balaban J connectivity index is 1.13. The molecule has 1 nitrogen and oxygen atoms in total. The Bertz CT molecular complexity index is 2190. The lowest BCUT2D eigenvalue weighted by molar-refractivity contribution is -0.235. The first-order chi connectivity index (χ1) is 23.2. The Morgan fingerprint density at radius 1 is 0.562 bits per heavy atom. The molecule has 6 unspecified atom stereocenters. The predicted molar refractivity (Wildman–Crippen MR) is 200 cm³/mol. The molecule has 5 aromatic carbocycles.